The van der Waals surface area contributed by atoms with Crippen LogP contribution in [0.4, 0.5) is 0 Å². The molecule has 0 unspecified atom stereocenters. The van der Waals surface area contributed by atoms with Crippen molar-refractivity contribution < 1.29 is 27.5 Å². The van der Waals surface area contributed by atoms with Crippen LogP contribution >= 0.6 is 11.3 Å². The van der Waals surface area contributed by atoms with Crippen LogP contribution in [0, 0.1) is 6.92 Å². The van der Waals surface area contributed by atoms with Gasteiger partial charge in [-0.05, 0) is 43.5 Å². The van der Waals surface area contributed by atoms with Crippen molar-refractivity contribution in [3.8, 4) is 11.5 Å². The molecular weight excluding hydrogens is 536 g/mol. The third-order valence-corrected chi connectivity index (χ3v) is 8.90. The summed E-state index contributed by atoms with van der Waals surface area (Å²) < 4.78 is 35.0. The van der Waals surface area contributed by atoms with Crippen LogP contribution in [0.1, 0.15) is 55.2 Å². The lowest BCUT2D eigenvalue weighted by Crippen LogP contribution is -2.32. The van der Waals surface area contributed by atoms with Crippen LogP contribution in [-0.2, 0) is 22.8 Å². The van der Waals surface area contributed by atoms with Crippen LogP contribution in [0.25, 0.3) is 6.08 Å². The van der Waals surface area contributed by atoms with E-state index in [1.54, 1.807) is 17.0 Å². The van der Waals surface area contributed by atoms with E-state index in [4.69, 9.17) is 9.47 Å². The molecule has 0 saturated heterocycles. The van der Waals surface area contributed by atoms with E-state index in [1.165, 1.54) is 38.6 Å². The average Bonchev–Trinajstić information content (AvgIpc) is 3.35. The second-order valence-corrected chi connectivity index (χ2v) is 12.4. The fraction of sp³-hybridized carbons (Fsp3) is 0.345. The van der Waals surface area contributed by atoms with Gasteiger partial charge in [0.1, 0.15) is 28.0 Å². The van der Waals surface area contributed by atoms with Gasteiger partial charge in [-0.3, -0.25) is 9.59 Å². The molecule has 0 aliphatic rings. The Morgan fingerprint density at radius 1 is 1.10 bits per heavy atom. The molecule has 3 aromatic rings. The molecule has 0 spiro atoms. The first kappa shape index (κ1) is 30.0. The third-order valence-electron chi connectivity index (χ3n) is 6.29. The number of nitrogens with zero attached hydrogens (tertiary/aromatic N) is 2. The smallest absolute Gasteiger partial charge is 0.254 e. The van der Waals surface area contributed by atoms with Crippen molar-refractivity contribution in [2.75, 3.05) is 32.3 Å². The third kappa shape index (κ3) is 7.77. The Bertz CT molecular complexity index is 1410. The van der Waals surface area contributed by atoms with Gasteiger partial charge >= 0.3 is 0 Å². The highest BCUT2D eigenvalue weighted by Gasteiger charge is 2.25. The number of carbonyl (C=O) groups excluding carboxylic acids is 2. The number of amides is 1. The van der Waals surface area contributed by atoms with E-state index in [2.05, 4.69) is 11.6 Å². The van der Waals surface area contributed by atoms with Crippen molar-refractivity contribution in [3.05, 3.63) is 81.3 Å². The Labute approximate surface area is 234 Å². The van der Waals surface area contributed by atoms with Gasteiger partial charge in [0.05, 0.1) is 25.6 Å². The maximum Gasteiger partial charge on any atom is 0.254 e. The fourth-order valence-electron chi connectivity index (χ4n) is 4.08. The summed E-state index contributed by atoms with van der Waals surface area (Å²) in [5.74, 6) is -0.492. The van der Waals surface area contributed by atoms with Crippen LogP contribution in [0.15, 0.2) is 49.0 Å². The molecular formula is C29H34N2O6S2. The van der Waals surface area contributed by atoms with Gasteiger partial charge in [-0.25, -0.2) is 13.4 Å². The average molecular weight is 571 g/mol. The standard InChI is InChI=1S/C29H34N2O6S2/c1-6-26-28(23(32)19-39(34,35)7-2)30-27(38-26)18-31(15-11-14-21-12-9-8-10-13-21)29(33)22-16-24(36-4)20(3)25(17-22)37-5/h6,8-10,12-13,16-17H,1,7,11,14-15,18-19H2,2-5H3. The lowest BCUT2D eigenvalue weighted by atomic mass is 10.1. The van der Waals surface area contributed by atoms with Crippen LogP contribution in [-0.4, -0.2) is 62.3 Å². The zero-order valence-corrected chi connectivity index (χ0v) is 24.4. The fourth-order valence-corrected chi connectivity index (χ4v) is 5.77. The number of Topliss-reactive ketones (excluding diaryl/α,β-unsaturated/α-hetero) is 1. The summed E-state index contributed by atoms with van der Waals surface area (Å²) in [6.45, 7) is 7.69. The quantitative estimate of drug-likeness (QED) is 0.251. The normalized spacial score (nSPS) is 11.2. The highest BCUT2D eigenvalue weighted by molar-refractivity contribution is 7.92. The highest BCUT2D eigenvalue weighted by atomic mass is 32.2. The van der Waals surface area contributed by atoms with Gasteiger partial charge in [0.25, 0.3) is 5.91 Å². The predicted molar refractivity (Wildman–Crippen MR) is 155 cm³/mol. The van der Waals surface area contributed by atoms with E-state index in [1.807, 2.05) is 37.3 Å². The summed E-state index contributed by atoms with van der Waals surface area (Å²) in [6, 6.07) is 13.4. The number of rotatable bonds is 14. The van der Waals surface area contributed by atoms with Gasteiger partial charge in [0.15, 0.2) is 15.6 Å². The number of aryl methyl sites for hydroxylation is 1. The monoisotopic (exact) mass is 570 g/mol. The van der Waals surface area contributed by atoms with Crippen molar-refractivity contribution >= 4 is 38.9 Å². The van der Waals surface area contributed by atoms with Gasteiger partial charge < -0.3 is 14.4 Å². The molecule has 2 aromatic carbocycles. The predicted octanol–water partition coefficient (Wildman–Crippen LogP) is 5.00. The minimum Gasteiger partial charge on any atom is -0.496 e. The molecule has 208 valence electrons. The van der Waals surface area contributed by atoms with Gasteiger partial charge in [-0.15, -0.1) is 11.3 Å². The lowest BCUT2D eigenvalue weighted by molar-refractivity contribution is 0.0740. The molecule has 1 amide bonds. The van der Waals surface area contributed by atoms with E-state index in [0.29, 0.717) is 39.9 Å². The van der Waals surface area contributed by atoms with E-state index in [9.17, 15) is 18.0 Å². The maximum atomic E-state index is 13.8. The number of ketones is 1. The molecule has 1 aromatic heterocycles. The lowest BCUT2D eigenvalue weighted by Gasteiger charge is -2.23. The second kappa shape index (κ2) is 13.5. The molecule has 10 heteroatoms. The number of ether oxygens (including phenoxy) is 2. The molecule has 8 nitrogen and oxygen atoms in total. The number of carbonyl (C=O) groups is 2. The topological polar surface area (TPSA) is 103 Å². The zero-order chi connectivity index (χ0) is 28.6. The second-order valence-electron chi connectivity index (χ2n) is 8.95. The van der Waals surface area contributed by atoms with Gasteiger partial charge in [0.2, 0.25) is 0 Å². The molecule has 0 radical (unpaired) electrons. The van der Waals surface area contributed by atoms with Gasteiger partial charge in [-0.1, -0.05) is 43.8 Å². The minimum atomic E-state index is -3.52. The van der Waals surface area contributed by atoms with Crippen LogP contribution in [0.5, 0.6) is 11.5 Å². The largest absolute Gasteiger partial charge is 0.496 e. The van der Waals surface area contributed by atoms with Crippen molar-refractivity contribution in [2.24, 2.45) is 0 Å². The summed E-state index contributed by atoms with van der Waals surface area (Å²) in [4.78, 5) is 33.2. The van der Waals surface area contributed by atoms with Crippen LogP contribution in [0.2, 0.25) is 0 Å². The van der Waals surface area contributed by atoms with E-state index < -0.39 is 21.4 Å². The number of hydrogen-bond donors (Lipinski definition) is 0. The Morgan fingerprint density at radius 3 is 2.31 bits per heavy atom. The van der Waals surface area contributed by atoms with Gasteiger partial charge in [0, 0.05) is 23.4 Å². The first-order valence-electron chi connectivity index (χ1n) is 12.5. The van der Waals surface area contributed by atoms with E-state index >= 15 is 0 Å². The summed E-state index contributed by atoms with van der Waals surface area (Å²) in [5, 5.41) is 0.515. The molecule has 3 rings (SSSR count). The van der Waals surface area contributed by atoms with Crippen molar-refractivity contribution in [1.29, 1.82) is 0 Å². The molecule has 0 aliphatic heterocycles. The highest BCUT2D eigenvalue weighted by Crippen LogP contribution is 2.31. The SMILES string of the molecule is C=Cc1sc(CN(CCCc2ccccc2)C(=O)c2cc(OC)c(C)c(OC)c2)nc1C(=O)CS(=O)(=O)CC. The molecule has 0 saturated carbocycles. The van der Waals surface area contributed by atoms with Crippen LogP contribution < -0.4 is 9.47 Å². The van der Waals surface area contributed by atoms with Crippen molar-refractivity contribution in [2.45, 2.75) is 33.2 Å². The summed E-state index contributed by atoms with van der Waals surface area (Å²) in [5.41, 5.74) is 2.42. The van der Waals surface area contributed by atoms with Crippen molar-refractivity contribution in [3.63, 3.8) is 0 Å². The molecule has 0 aliphatic carbocycles. The summed E-state index contributed by atoms with van der Waals surface area (Å²) in [6.07, 6.45) is 2.97. The number of sulfone groups is 1. The molecule has 0 atom stereocenters. The maximum absolute atomic E-state index is 13.8. The Morgan fingerprint density at radius 2 is 1.74 bits per heavy atom. The first-order chi connectivity index (χ1) is 18.6. The zero-order valence-electron chi connectivity index (χ0n) is 22.7. The summed E-state index contributed by atoms with van der Waals surface area (Å²) in [7, 11) is -0.440. The first-order valence-corrected chi connectivity index (χ1v) is 15.2. The van der Waals surface area contributed by atoms with Gasteiger partial charge in [-0.2, -0.15) is 0 Å². The Hall–Kier alpha value is -3.50. The number of methoxy groups -OCH3 is 2. The number of aromatic nitrogens is 1. The number of hydrogen-bond acceptors (Lipinski definition) is 8. The molecule has 39 heavy (non-hydrogen) atoms. The molecule has 0 N–H and O–H groups in total. The van der Waals surface area contributed by atoms with Crippen LogP contribution in [0.3, 0.4) is 0 Å². The Kier molecular flexibility index (Phi) is 10.4. The van der Waals surface area contributed by atoms with Crippen molar-refractivity contribution in [1.82, 2.24) is 9.88 Å². The number of benzene rings is 2. The van der Waals surface area contributed by atoms with E-state index in [0.717, 1.165) is 17.5 Å². The molecule has 0 fully saturated rings. The molecule has 0 bridgehead atoms. The Balaban J connectivity index is 1.92. The molecule has 1 heterocycles. The van der Waals surface area contributed by atoms with E-state index in [-0.39, 0.29) is 23.9 Å². The minimum absolute atomic E-state index is 0.0670. The summed E-state index contributed by atoms with van der Waals surface area (Å²) >= 11 is 1.22. The number of thiazole rings is 1.